The van der Waals surface area contributed by atoms with Crippen LogP contribution >= 0.6 is 0 Å². The first-order chi connectivity index (χ1) is 16.1. The lowest BCUT2D eigenvalue weighted by molar-refractivity contribution is -0.142. The van der Waals surface area contributed by atoms with Crippen LogP contribution in [0.1, 0.15) is 51.0 Å². The Labute approximate surface area is 196 Å². The molecule has 0 bridgehead atoms. The minimum absolute atomic E-state index is 0.0647. The van der Waals surface area contributed by atoms with Gasteiger partial charge in [-0.1, -0.05) is 37.1 Å². The van der Waals surface area contributed by atoms with Gasteiger partial charge in [0.2, 0.25) is 11.8 Å². The van der Waals surface area contributed by atoms with E-state index in [4.69, 9.17) is 0 Å². The summed E-state index contributed by atoms with van der Waals surface area (Å²) in [6.45, 7) is 3.83. The number of aromatic nitrogens is 2. The van der Waals surface area contributed by atoms with Gasteiger partial charge in [-0.15, -0.1) is 0 Å². The van der Waals surface area contributed by atoms with Gasteiger partial charge in [0.05, 0.1) is 5.41 Å². The van der Waals surface area contributed by atoms with Crippen molar-refractivity contribution in [3.8, 4) is 11.1 Å². The Balaban J connectivity index is 1.42. The van der Waals surface area contributed by atoms with Crippen molar-refractivity contribution in [3.63, 3.8) is 0 Å². The minimum atomic E-state index is -0.615. The average Bonchev–Trinajstić information content (AvgIpc) is 3.59. The highest BCUT2D eigenvalue weighted by Gasteiger charge is 2.57. The first-order valence-electron chi connectivity index (χ1n) is 12.5. The van der Waals surface area contributed by atoms with Crippen molar-refractivity contribution in [2.24, 2.45) is 23.2 Å². The molecule has 33 heavy (non-hydrogen) atoms. The van der Waals surface area contributed by atoms with Gasteiger partial charge < -0.3 is 10.2 Å². The molecule has 4 atom stereocenters. The number of carbonyl (C=O) groups is 2. The van der Waals surface area contributed by atoms with E-state index in [9.17, 15) is 9.59 Å². The SMILES string of the molecule is CCNC(=O)[C@@]1(Cc2ccccc2-c2cncnc2)CCCN(C(=O)C2[C@H]3CCCC[C@@H]23)C1. The molecule has 3 aliphatic rings. The molecule has 1 aromatic carbocycles. The topological polar surface area (TPSA) is 75.2 Å². The summed E-state index contributed by atoms with van der Waals surface area (Å²) < 4.78 is 0. The number of carbonyl (C=O) groups excluding carboxylic acids is 2. The summed E-state index contributed by atoms with van der Waals surface area (Å²) in [5, 5.41) is 3.09. The molecular formula is C27H34N4O2. The Morgan fingerprint density at radius 2 is 1.82 bits per heavy atom. The molecule has 2 aliphatic carbocycles. The summed E-state index contributed by atoms with van der Waals surface area (Å²) in [4.78, 5) is 37.4. The lowest BCUT2D eigenvalue weighted by Crippen LogP contribution is -2.55. The van der Waals surface area contributed by atoms with E-state index in [1.54, 1.807) is 0 Å². The summed E-state index contributed by atoms with van der Waals surface area (Å²) >= 11 is 0. The van der Waals surface area contributed by atoms with E-state index in [1.807, 2.05) is 36.4 Å². The van der Waals surface area contributed by atoms with Gasteiger partial charge in [0.25, 0.3) is 0 Å². The summed E-state index contributed by atoms with van der Waals surface area (Å²) in [6, 6.07) is 8.20. The average molecular weight is 447 g/mol. The summed E-state index contributed by atoms with van der Waals surface area (Å²) in [7, 11) is 0. The maximum atomic E-state index is 13.5. The number of benzene rings is 1. The molecule has 5 rings (SSSR count). The standard InChI is InChI=1S/C27H34N4O2/c1-2-30-26(33)27(14-19-8-3-4-9-21(19)20-15-28-18-29-16-20)12-7-13-31(17-27)25(32)24-22-10-5-6-11-23(22)24/h3-4,8-9,15-16,18,22-24H,2,5-7,10-14,17H2,1H3,(H,30,33)/t22-,23+,24?,27-/m1/s1. The first kappa shape index (κ1) is 22.1. The second-order valence-corrected chi connectivity index (χ2v) is 10.1. The van der Waals surface area contributed by atoms with E-state index in [0.717, 1.165) is 36.1 Å². The lowest BCUT2D eigenvalue weighted by Gasteiger charge is -2.42. The van der Waals surface area contributed by atoms with Crippen molar-refractivity contribution in [2.75, 3.05) is 19.6 Å². The number of hydrogen-bond acceptors (Lipinski definition) is 4. The molecule has 1 aromatic heterocycles. The maximum absolute atomic E-state index is 13.5. The van der Waals surface area contributed by atoms with Gasteiger partial charge in [-0.25, -0.2) is 9.97 Å². The lowest BCUT2D eigenvalue weighted by atomic mass is 9.73. The zero-order chi connectivity index (χ0) is 22.8. The van der Waals surface area contributed by atoms with Crippen LogP contribution < -0.4 is 5.32 Å². The highest BCUT2D eigenvalue weighted by molar-refractivity contribution is 5.87. The van der Waals surface area contributed by atoms with E-state index in [-0.39, 0.29) is 11.8 Å². The van der Waals surface area contributed by atoms with Crippen LogP contribution in [0.5, 0.6) is 0 Å². The molecule has 174 valence electrons. The van der Waals surface area contributed by atoms with Crippen molar-refractivity contribution in [3.05, 3.63) is 48.5 Å². The quantitative estimate of drug-likeness (QED) is 0.731. The van der Waals surface area contributed by atoms with Gasteiger partial charge in [0.1, 0.15) is 6.33 Å². The number of rotatable bonds is 6. The molecule has 1 N–H and O–H groups in total. The predicted octanol–water partition coefficient (Wildman–Crippen LogP) is 3.87. The molecule has 6 nitrogen and oxygen atoms in total. The van der Waals surface area contributed by atoms with Gasteiger partial charge in [0.15, 0.2) is 0 Å². The monoisotopic (exact) mass is 446 g/mol. The molecule has 0 spiro atoms. The van der Waals surface area contributed by atoms with E-state index in [2.05, 4.69) is 27.4 Å². The van der Waals surface area contributed by atoms with Crippen LogP contribution in [0.25, 0.3) is 11.1 Å². The van der Waals surface area contributed by atoms with Crippen molar-refractivity contribution >= 4 is 11.8 Å². The number of fused-ring (bicyclic) bond motifs is 1. The van der Waals surface area contributed by atoms with Gasteiger partial charge in [-0.2, -0.15) is 0 Å². The predicted molar refractivity (Wildman–Crippen MR) is 127 cm³/mol. The fourth-order valence-corrected chi connectivity index (χ4v) is 6.41. The molecule has 2 aromatic rings. The van der Waals surface area contributed by atoms with Crippen LogP contribution in [0.2, 0.25) is 0 Å². The molecule has 0 radical (unpaired) electrons. The van der Waals surface area contributed by atoms with Crippen molar-refractivity contribution in [1.82, 2.24) is 20.2 Å². The van der Waals surface area contributed by atoms with Crippen molar-refractivity contribution in [2.45, 2.75) is 51.9 Å². The number of amides is 2. The molecular weight excluding hydrogens is 412 g/mol. The maximum Gasteiger partial charge on any atom is 0.228 e. The van der Waals surface area contributed by atoms with E-state index in [0.29, 0.717) is 37.3 Å². The van der Waals surface area contributed by atoms with Crippen LogP contribution in [-0.4, -0.2) is 46.3 Å². The fraction of sp³-hybridized carbons (Fsp3) is 0.556. The third-order valence-electron chi connectivity index (χ3n) is 8.07. The molecule has 1 aliphatic heterocycles. The molecule has 1 saturated heterocycles. The highest BCUT2D eigenvalue weighted by Crippen LogP contribution is 2.56. The van der Waals surface area contributed by atoms with Crippen LogP contribution in [-0.2, 0) is 16.0 Å². The number of nitrogens with zero attached hydrogens (tertiary/aromatic N) is 3. The summed E-state index contributed by atoms with van der Waals surface area (Å²) in [6.07, 6.45) is 12.3. The molecule has 2 saturated carbocycles. The number of likely N-dealkylation sites (tertiary alicyclic amines) is 1. The Morgan fingerprint density at radius 3 is 2.55 bits per heavy atom. The molecule has 1 unspecified atom stereocenters. The largest absolute Gasteiger partial charge is 0.356 e. The van der Waals surface area contributed by atoms with Crippen LogP contribution in [0.4, 0.5) is 0 Å². The number of piperidine rings is 1. The van der Waals surface area contributed by atoms with Gasteiger partial charge in [-0.05, 0) is 62.0 Å². The number of nitrogens with one attached hydrogen (secondary N) is 1. The molecule has 6 heteroatoms. The Hall–Kier alpha value is -2.76. The normalized spacial score (nSPS) is 28.6. The van der Waals surface area contributed by atoms with E-state index < -0.39 is 5.41 Å². The van der Waals surface area contributed by atoms with Crippen molar-refractivity contribution < 1.29 is 9.59 Å². The summed E-state index contributed by atoms with van der Waals surface area (Å²) in [5.41, 5.74) is 2.49. The zero-order valence-corrected chi connectivity index (χ0v) is 19.5. The number of hydrogen-bond donors (Lipinski definition) is 1. The minimum Gasteiger partial charge on any atom is -0.356 e. The Bertz CT molecular complexity index is 998. The fourth-order valence-electron chi connectivity index (χ4n) is 6.41. The second kappa shape index (κ2) is 9.24. The van der Waals surface area contributed by atoms with Gasteiger partial charge in [0, 0.05) is 43.5 Å². The molecule has 2 heterocycles. The highest BCUT2D eigenvalue weighted by atomic mass is 16.2. The van der Waals surface area contributed by atoms with Crippen molar-refractivity contribution in [1.29, 1.82) is 0 Å². The second-order valence-electron chi connectivity index (χ2n) is 10.1. The summed E-state index contributed by atoms with van der Waals surface area (Å²) in [5.74, 6) is 1.74. The molecule has 3 fully saturated rings. The van der Waals surface area contributed by atoms with Gasteiger partial charge in [-0.3, -0.25) is 9.59 Å². The third kappa shape index (κ3) is 4.28. The van der Waals surface area contributed by atoms with E-state index >= 15 is 0 Å². The zero-order valence-electron chi connectivity index (χ0n) is 19.5. The van der Waals surface area contributed by atoms with Gasteiger partial charge >= 0.3 is 0 Å². The van der Waals surface area contributed by atoms with Crippen LogP contribution in [0, 0.1) is 23.2 Å². The molecule has 2 amide bonds. The van der Waals surface area contributed by atoms with Crippen LogP contribution in [0.15, 0.2) is 43.0 Å². The first-order valence-corrected chi connectivity index (χ1v) is 12.5. The van der Waals surface area contributed by atoms with Crippen LogP contribution in [0.3, 0.4) is 0 Å². The van der Waals surface area contributed by atoms with E-state index in [1.165, 1.54) is 32.0 Å². The smallest absolute Gasteiger partial charge is 0.228 e. The Morgan fingerprint density at radius 1 is 1.09 bits per heavy atom. The third-order valence-corrected chi connectivity index (χ3v) is 8.07. The Kier molecular flexibility index (Phi) is 6.17.